The third kappa shape index (κ3) is 4.31. The Labute approximate surface area is 135 Å². The summed E-state index contributed by atoms with van der Waals surface area (Å²) in [5, 5.41) is 10.1. The van der Waals surface area contributed by atoms with E-state index < -0.39 is 0 Å². The number of halogens is 1. The number of carbonyl (C=O) groups is 1. The number of hydrogen-bond donors (Lipinski definition) is 2. The summed E-state index contributed by atoms with van der Waals surface area (Å²) in [5.41, 5.74) is 3.46. The molecule has 124 valence electrons. The number of amides is 2. The van der Waals surface area contributed by atoms with E-state index in [0.717, 1.165) is 22.6 Å². The summed E-state index contributed by atoms with van der Waals surface area (Å²) in [6, 6.07) is 6.25. The SMILES string of the molecule is Cc1nn(C(C)C)c(C)c1NC(=O)NCCc1ccc(F)cc1. The number of anilines is 1. The van der Waals surface area contributed by atoms with Gasteiger partial charge < -0.3 is 10.6 Å². The number of nitrogens with one attached hydrogen (secondary N) is 2. The average Bonchev–Trinajstić information content (AvgIpc) is 2.77. The van der Waals surface area contributed by atoms with E-state index in [2.05, 4.69) is 15.7 Å². The Bertz CT molecular complexity index is 677. The predicted octanol–water partition coefficient (Wildman–Crippen LogP) is 3.58. The van der Waals surface area contributed by atoms with Crippen LogP contribution in [-0.2, 0) is 6.42 Å². The molecule has 23 heavy (non-hydrogen) atoms. The lowest BCUT2D eigenvalue weighted by Gasteiger charge is -2.10. The molecule has 1 aromatic heterocycles. The van der Waals surface area contributed by atoms with Crippen LogP contribution >= 0.6 is 0 Å². The van der Waals surface area contributed by atoms with Crippen LogP contribution in [0.1, 0.15) is 36.8 Å². The van der Waals surface area contributed by atoms with Gasteiger partial charge in [0.2, 0.25) is 0 Å². The highest BCUT2D eigenvalue weighted by Crippen LogP contribution is 2.22. The Morgan fingerprint density at radius 1 is 1.26 bits per heavy atom. The summed E-state index contributed by atoms with van der Waals surface area (Å²) in [5.74, 6) is -0.257. The maximum atomic E-state index is 12.8. The molecule has 0 saturated carbocycles. The molecule has 5 nitrogen and oxygen atoms in total. The number of carbonyl (C=O) groups excluding carboxylic acids is 1. The van der Waals surface area contributed by atoms with Gasteiger partial charge in [0, 0.05) is 12.6 Å². The first-order valence-electron chi connectivity index (χ1n) is 7.73. The van der Waals surface area contributed by atoms with Crippen molar-refractivity contribution in [1.82, 2.24) is 15.1 Å². The van der Waals surface area contributed by atoms with E-state index in [1.807, 2.05) is 32.4 Å². The van der Waals surface area contributed by atoms with Crippen molar-refractivity contribution in [2.75, 3.05) is 11.9 Å². The van der Waals surface area contributed by atoms with Gasteiger partial charge in [0.15, 0.2) is 0 Å². The highest BCUT2D eigenvalue weighted by molar-refractivity contribution is 5.90. The van der Waals surface area contributed by atoms with Crippen LogP contribution in [0, 0.1) is 19.7 Å². The van der Waals surface area contributed by atoms with Crippen LogP contribution in [0.2, 0.25) is 0 Å². The van der Waals surface area contributed by atoms with Crippen molar-refractivity contribution in [3.05, 3.63) is 47.0 Å². The van der Waals surface area contributed by atoms with E-state index in [1.54, 1.807) is 12.1 Å². The Hall–Kier alpha value is -2.37. The minimum absolute atomic E-state index is 0.241. The summed E-state index contributed by atoms with van der Waals surface area (Å²) in [7, 11) is 0. The van der Waals surface area contributed by atoms with Crippen LogP contribution in [0.3, 0.4) is 0 Å². The third-order valence-electron chi connectivity index (χ3n) is 3.67. The van der Waals surface area contributed by atoms with Crippen LogP contribution in [-0.4, -0.2) is 22.4 Å². The zero-order valence-corrected chi connectivity index (χ0v) is 14.0. The zero-order valence-electron chi connectivity index (χ0n) is 14.0. The summed E-state index contributed by atoms with van der Waals surface area (Å²) < 4.78 is 14.7. The molecule has 0 radical (unpaired) electrons. The van der Waals surface area contributed by atoms with Crippen LogP contribution in [0.4, 0.5) is 14.9 Å². The number of aryl methyl sites for hydroxylation is 1. The largest absolute Gasteiger partial charge is 0.338 e. The van der Waals surface area contributed by atoms with Crippen LogP contribution in [0.15, 0.2) is 24.3 Å². The summed E-state index contributed by atoms with van der Waals surface area (Å²) in [4.78, 5) is 12.0. The first kappa shape index (κ1) is 17.0. The molecule has 0 atom stereocenters. The second-order valence-electron chi connectivity index (χ2n) is 5.84. The first-order valence-corrected chi connectivity index (χ1v) is 7.73. The molecule has 0 bridgehead atoms. The van der Waals surface area contributed by atoms with Crippen molar-refractivity contribution >= 4 is 11.7 Å². The molecule has 2 N–H and O–H groups in total. The number of benzene rings is 1. The molecule has 2 rings (SSSR count). The Balaban J connectivity index is 1.89. The molecule has 0 fully saturated rings. The van der Waals surface area contributed by atoms with Crippen molar-refractivity contribution in [3.63, 3.8) is 0 Å². The average molecular weight is 318 g/mol. The van der Waals surface area contributed by atoms with Gasteiger partial charge in [-0.05, 0) is 51.8 Å². The molecular weight excluding hydrogens is 295 g/mol. The van der Waals surface area contributed by atoms with E-state index in [9.17, 15) is 9.18 Å². The summed E-state index contributed by atoms with van der Waals surface area (Å²) in [6.07, 6.45) is 0.650. The third-order valence-corrected chi connectivity index (χ3v) is 3.67. The minimum atomic E-state index is -0.262. The molecule has 0 saturated heterocycles. The predicted molar refractivity (Wildman–Crippen MR) is 89.2 cm³/mol. The van der Waals surface area contributed by atoms with Crippen molar-refractivity contribution in [2.45, 2.75) is 40.2 Å². The quantitative estimate of drug-likeness (QED) is 0.885. The number of hydrogen-bond acceptors (Lipinski definition) is 2. The van der Waals surface area contributed by atoms with E-state index in [0.29, 0.717) is 13.0 Å². The van der Waals surface area contributed by atoms with Gasteiger partial charge in [0.05, 0.1) is 17.1 Å². The van der Waals surface area contributed by atoms with Crippen molar-refractivity contribution in [2.24, 2.45) is 0 Å². The number of rotatable bonds is 5. The zero-order chi connectivity index (χ0) is 17.0. The maximum Gasteiger partial charge on any atom is 0.319 e. The maximum absolute atomic E-state index is 12.8. The molecule has 1 heterocycles. The fraction of sp³-hybridized carbons (Fsp3) is 0.412. The van der Waals surface area contributed by atoms with Gasteiger partial charge in [0.25, 0.3) is 0 Å². The Kier molecular flexibility index (Phi) is 5.36. The number of aromatic nitrogens is 2. The van der Waals surface area contributed by atoms with Crippen molar-refractivity contribution in [1.29, 1.82) is 0 Å². The fourth-order valence-electron chi connectivity index (χ4n) is 2.48. The molecule has 2 aromatic rings. The smallest absolute Gasteiger partial charge is 0.319 e. The minimum Gasteiger partial charge on any atom is -0.338 e. The topological polar surface area (TPSA) is 59.0 Å². The highest BCUT2D eigenvalue weighted by Gasteiger charge is 2.15. The van der Waals surface area contributed by atoms with Crippen molar-refractivity contribution < 1.29 is 9.18 Å². The number of nitrogens with zero attached hydrogens (tertiary/aromatic N) is 2. The van der Waals surface area contributed by atoms with Crippen LogP contribution in [0.5, 0.6) is 0 Å². The van der Waals surface area contributed by atoms with Crippen LogP contribution in [0.25, 0.3) is 0 Å². The molecule has 0 aliphatic heterocycles. The normalized spacial score (nSPS) is 10.9. The van der Waals surface area contributed by atoms with Gasteiger partial charge >= 0.3 is 6.03 Å². The molecule has 0 aliphatic carbocycles. The van der Waals surface area contributed by atoms with E-state index >= 15 is 0 Å². The summed E-state index contributed by atoms with van der Waals surface area (Å²) >= 11 is 0. The molecule has 1 aromatic carbocycles. The monoisotopic (exact) mass is 318 g/mol. The van der Waals surface area contributed by atoms with Gasteiger partial charge in [-0.1, -0.05) is 12.1 Å². The lowest BCUT2D eigenvalue weighted by atomic mass is 10.1. The standard InChI is InChI=1S/C17H23FN4O/c1-11(2)22-13(4)16(12(3)21-22)20-17(23)19-10-9-14-5-7-15(18)8-6-14/h5-8,11H,9-10H2,1-4H3,(H2,19,20,23). The molecule has 0 aliphatic rings. The van der Waals surface area contributed by atoms with Crippen molar-refractivity contribution in [3.8, 4) is 0 Å². The second kappa shape index (κ2) is 7.26. The van der Waals surface area contributed by atoms with Gasteiger partial charge in [-0.15, -0.1) is 0 Å². The van der Waals surface area contributed by atoms with E-state index in [1.165, 1.54) is 12.1 Å². The van der Waals surface area contributed by atoms with Crippen LogP contribution < -0.4 is 10.6 Å². The van der Waals surface area contributed by atoms with E-state index in [-0.39, 0.29) is 17.9 Å². The number of urea groups is 1. The first-order chi connectivity index (χ1) is 10.9. The molecular formula is C17H23FN4O. The van der Waals surface area contributed by atoms with E-state index in [4.69, 9.17) is 0 Å². The Morgan fingerprint density at radius 3 is 2.48 bits per heavy atom. The highest BCUT2D eigenvalue weighted by atomic mass is 19.1. The van der Waals surface area contributed by atoms with Gasteiger partial charge in [-0.3, -0.25) is 4.68 Å². The second-order valence-corrected chi connectivity index (χ2v) is 5.84. The lowest BCUT2D eigenvalue weighted by molar-refractivity contribution is 0.252. The molecule has 6 heteroatoms. The Morgan fingerprint density at radius 2 is 1.91 bits per heavy atom. The molecule has 0 unspecified atom stereocenters. The molecule has 0 spiro atoms. The molecule has 2 amide bonds. The lowest BCUT2D eigenvalue weighted by Crippen LogP contribution is -2.30. The summed E-state index contributed by atoms with van der Waals surface area (Å²) in [6.45, 7) is 8.39. The van der Waals surface area contributed by atoms with Gasteiger partial charge in [-0.2, -0.15) is 5.10 Å². The van der Waals surface area contributed by atoms with Gasteiger partial charge in [-0.25, -0.2) is 9.18 Å². The van der Waals surface area contributed by atoms with Gasteiger partial charge in [0.1, 0.15) is 5.82 Å². The fourth-order valence-corrected chi connectivity index (χ4v) is 2.48.